The lowest BCUT2D eigenvalue weighted by atomic mass is 10.0. The van der Waals surface area contributed by atoms with Crippen LogP contribution >= 0.6 is 0 Å². The number of hydrogen-bond acceptors (Lipinski definition) is 2. The normalized spacial score (nSPS) is 14.3. The van der Waals surface area contributed by atoms with E-state index in [4.69, 9.17) is 0 Å². The average molecular weight is 419 g/mol. The van der Waals surface area contributed by atoms with Crippen LogP contribution in [0.1, 0.15) is 43.4 Å². The van der Waals surface area contributed by atoms with E-state index >= 15 is 0 Å². The number of sulfonamides is 1. The number of H-pyrrole nitrogens is 1. The van der Waals surface area contributed by atoms with E-state index in [9.17, 15) is 8.42 Å². The van der Waals surface area contributed by atoms with Crippen molar-refractivity contribution in [2.75, 3.05) is 6.54 Å². The van der Waals surface area contributed by atoms with Gasteiger partial charge in [-0.3, -0.25) is 4.31 Å². The summed E-state index contributed by atoms with van der Waals surface area (Å²) in [6, 6.07) is 17.3. The zero-order valence-electron chi connectivity index (χ0n) is 17.2. The zero-order chi connectivity index (χ0) is 21.0. The number of aromatic nitrogens is 1. The highest BCUT2D eigenvalue weighted by Gasteiger charge is 2.24. The number of unbranched alkanes of at least 4 members (excludes halogenated alkanes) is 1. The van der Waals surface area contributed by atoms with Gasteiger partial charge in [0, 0.05) is 30.1 Å². The summed E-state index contributed by atoms with van der Waals surface area (Å²) in [5.74, 6) is 6.43. The SMILES string of the molecule is Cc1ccc(S(=O)(=O)N2C=C(CCCC#Cc3cc4ccccc4[nH]3)CCC2)cc1. The molecule has 154 valence electrons. The van der Waals surface area contributed by atoms with Crippen LogP contribution in [0.5, 0.6) is 0 Å². The Kier molecular flexibility index (Phi) is 5.96. The molecule has 1 N–H and O–H groups in total. The second-order valence-electron chi connectivity index (χ2n) is 7.75. The van der Waals surface area contributed by atoms with Crippen molar-refractivity contribution >= 4 is 20.9 Å². The zero-order valence-corrected chi connectivity index (χ0v) is 18.0. The predicted molar refractivity (Wildman–Crippen MR) is 121 cm³/mol. The molecule has 3 aromatic rings. The van der Waals surface area contributed by atoms with Crippen LogP contribution in [0.25, 0.3) is 10.9 Å². The fourth-order valence-electron chi connectivity index (χ4n) is 3.72. The van der Waals surface area contributed by atoms with Gasteiger partial charge in [0.25, 0.3) is 10.0 Å². The monoisotopic (exact) mass is 418 g/mol. The largest absolute Gasteiger partial charge is 0.348 e. The van der Waals surface area contributed by atoms with E-state index in [2.05, 4.69) is 29.0 Å². The molecule has 0 saturated carbocycles. The lowest BCUT2D eigenvalue weighted by Gasteiger charge is -2.26. The molecule has 0 radical (unpaired) electrons. The third-order valence-corrected chi connectivity index (χ3v) is 7.16. The van der Waals surface area contributed by atoms with E-state index < -0.39 is 10.0 Å². The maximum atomic E-state index is 12.9. The average Bonchev–Trinajstić information content (AvgIpc) is 3.17. The van der Waals surface area contributed by atoms with E-state index in [0.29, 0.717) is 11.4 Å². The number of hydrogen-bond donors (Lipinski definition) is 1. The summed E-state index contributed by atoms with van der Waals surface area (Å²) in [5.41, 5.74) is 4.27. The van der Waals surface area contributed by atoms with Crippen molar-refractivity contribution in [1.29, 1.82) is 0 Å². The molecule has 5 heteroatoms. The lowest BCUT2D eigenvalue weighted by Crippen LogP contribution is -2.30. The van der Waals surface area contributed by atoms with Crippen molar-refractivity contribution < 1.29 is 8.42 Å². The number of aromatic amines is 1. The molecule has 0 unspecified atom stereocenters. The van der Waals surface area contributed by atoms with Crippen LogP contribution in [0.4, 0.5) is 0 Å². The summed E-state index contributed by atoms with van der Waals surface area (Å²) in [7, 11) is -3.47. The van der Waals surface area contributed by atoms with E-state index in [1.807, 2.05) is 43.5 Å². The van der Waals surface area contributed by atoms with Gasteiger partial charge in [0.1, 0.15) is 0 Å². The van der Waals surface area contributed by atoms with E-state index in [-0.39, 0.29) is 0 Å². The summed E-state index contributed by atoms with van der Waals surface area (Å²) in [6.07, 6.45) is 6.24. The molecular weight excluding hydrogens is 392 g/mol. The number of para-hydroxylation sites is 1. The van der Waals surface area contributed by atoms with Crippen LogP contribution in [-0.2, 0) is 10.0 Å². The lowest BCUT2D eigenvalue weighted by molar-refractivity contribution is 0.463. The van der Waals surface area contributed by atoms with Gasteiger partial charge >= 0.3 is 0 Å². The van der Waals surface area contributed by atoms with Gasteiger partial charge in [-0.1, -0.05) is 47.4 Å². The van der Waals surface area contributed by atoms with Crippen molar-refractivity contribution in [1.82, 2.24) is 9.29 Å². The molecule has 2 aromatic carbocycles. The first-order valence-electron chi connectivity index (χ1n) is 10.4. The minimum absolute atomic E-state index is 0.356. The molecular formula is C25H26N2O2S. The molecule has 0 aliphatic carbocycles. The Labute approximate surface area is 178 Å². The molecule has 2 heterocycles. The van der Waals surface area contributed by atoms with Crippen LogP contribution in [0.3, 0.4) is 0 Å². The van der Waals surface area contributed by atoms with Gasteiger partial charge in [-0.15, -0.1) is 0 Å². The molecule has 0 bridgehead atoms. The van der Waals surface area contributed by atoms with E-state index in [0.717, 1.165) is 48.9 Å². The van der Waals surface area contributed by atoms with Gasteiger partial charge in [0.2, 0.25) is 0 Å². The Balaban J connectivity index is 1.35. The number of benzene rings is 2. The van der Waals surface area contributed by atoms with Crippen molar-refractivity contribution in [2.45, 2.75) is 43.9 Å². The fraction of sp³-hybridized carbons (Fsp3) is 0.280. The maximum absolute atomic E-state index is 12.9. The van der Waals surface area contributed by atoms with Crippen LogP contribution in [0, 0.1) is 18.8 Å². The quantitative estimate of drug-likeness (QED) is 0.447. The molecule has 0 fully saturated rings. The van der Waals surface area contributed by atoms with Crippen LogP contribution < -0.4 is 0 Å². The topological polar surface area (TPSA) is 53.2 Å². The highest BCUT2D eigenvalue weighted by molar-refractivity contribution is 7.89. The third-order valence-electron chi connectivity index (χ3n) is 5.38. The highest BCUT2D eigenvalue weighted by Crippen LogP contribution is 2.25. The van der Waals surface area contributed by atoms with Crippen LogP contribution in [0.15, 0.2) is 71.3 Å². The first-order chi connectivity index (χ1) is 14.5. The van der Waals surface area contributed by atoms with Gasteiger partial charge in [0.05, 0.1) is 10.6 Å². The third kappa shape index (κ3) is 4.60. The molecule has 0 amide bonds. The summed E-state index contributed by atoms with van der Waals surface area (Å²) in [6.45, 7) is 2.50. The van der Waals surface area contributed by atoms with E-state index in [1.54, 1.807) is 12.1 Å². The van der Waals surface area contributed by atoms with Crippen LogP contribution in [-0.4, -0.2) is 24.3 Å². The summed E-state index contributed by atoms with van der Waals surface area (Å²) in [4.78, 5) is 3.68. The van der Waals surface area contributed by atoms with Gasteiger partial charge < -0.3 is 4.98 Å². The first-order valence-corrected chi connectivity index (χ1v) is 11.8. The second kappa shape index (κ2) is 8.81. The summed E-state index contributed by atoms with van der Waals surface area (Å²) >= 11 is 0. The predicted octanol–water partition coefficient (Wildman–Crippen LogP) is 5.37. The fourth-order valence-corrected chi connectivity index (χ4v) is 5.13. The summed E-state index contributed by atoms with van der Waals surface area (Å²) in [5, 5.41) is 1.17. The van der Waals surface area contributed by atoms with Gasteiger partial charge in [0.15, 0.2) is 0 Å². The molecule has 30 heavy (non-hydrogen) atoms. The molecule has 1 aliphatic heterocycles. The Hall–Kier alpha value is -2.97. The Morgan fingerprint density at radius 2 is 1.90 bits per heavy atom. The minimum Gasteiger partial charge on any atom is -0.348 e. The minimum atomic E-state index is -3.47. The maximum Gasteiger partial charge on any atom is 0.263 e. The van der Waals surface area contributed by atoms with Gasteiger partial charge in [-0.2, -0.15) is 0 Å². The molecule has 1 aromatic heterocycles. The summed E-state index contributed by atoms with van der Waals surface area (Å²) < 4.78 is 27.3. The Morgan fingerprint density at radius 1 is 1.10 bits per heavy atom. The van der Waals surface area contributed by atoms with E-state index in [1.165, 1.54) is 15.3 Å². The molecule has 0 spiro atoms. The van der Waals surface area contributed by atoms with Crippen molar-refractivity contribution in [3.05, 3.63) is 77.6 Å². The molecule has 4 rings (SSSR count). The Morgan fingerprint density at radius 3 is 2.70 bits per heavy atom. The molecule has 0 atom stereocenters. The van der Waals surface area contributed by atoms with Gasteiger partial charge in [-0.25, -0.2) is 8.42 Å². The first kappa shape index (κ1) is 20.3. The Bertz CT molecular complexity index is 1190. The number of fused-ring (bicyclic) bond motifs is 1. The number of nitrogens with zero attached hydrogens (tertiary/aromatic N) is 1. The molecule has 4 nitrogen and oxygen atoms in total. The number of allylic oxidation sites excluding steroid dienone is 1. The molecule has 0 saturated heterocycles. The second-order valence-corrected chi connectivity index (χ2v) is 9.64. The smallest absolute Gasteiger partial charge is 0.263 e. The highest BCUT2D eigenvalue weighted by atomic mass is 32.2. The number of aryl methyl sites for hydroxylation is 1. The van der Waals surface area contributed by atoms with Crippen molar-refractivity contribution in [3.8, 4) is 11.8 Å². The van der Waals surface area contributed by atoms with Crippen molar-refractivity contribution in [3.63, 3.8) is 0 Å². The molecule has 1 aliphatic rings. The number of nitrogens with one attached hydrogen (secondary N) is 1. The number of rotatable bonds is 5. The van der Waals surface area contributed by atoms with Crippen molar-refractivity contribution in [2.24, 2.45) is 0 Å². The van der Waals surface area contributed by atoms with Crippen LogP contribution in [0.2, 0.25) is 0 Å². The van der Waals surface area contributed by atoms with Gasteiger partial charge in [-0.05, 0) is 62.8 Å². The standard InChI is InChI=1S/C25H26N2O2S/c1-20-13-15-24(16-14-20)30(28,29)27-17-7-9-21(19-27)8-3-2-4-11-23-18-22-10-5-6-12-25(22)26-23/h5-6,10,12-16,18-19,26H,2-3,7-9,17H2,1H3.